The average molecular weight is 531 g/mol. The third-order valence-electron chi connectivity index (χ3n) is 4.58. The van der Waals surface area contributed by atoms with Gasteiger partial charge in [0.15, 0.2) is 6.23 Å². The summed E-state index contributed by atoms with van der Waals surface area (Å²) in [6.45, 7) is 0.725. The lowest BCUT2D eigenvalue weighted by molar-refractivity contribution is -0.0534. The summed E-state index contributed by atoms with van der Waals surface area (Å²) in [6, 6.07) is 6.66. The van der Waals surface area contributed by atoms with E-state index in [1.165, 1.54) is 6.20 Å². The fourth-order valence-corrected chi connectivity index (χ4v) is 6.28. The van der Waals surface area contributed by atoms with Crippen molar-refractivity contribution in [3.8, 4) is 0 Å². The van der Waals surface area contributed by atoms with Crippen molar-refractivity contribution >= 4 is 34.2 Å². The zero-order valence-corrected chi connectivity index (χ0v) is 19.3. The van der Waals surface area contributed by atoms with Gasteiger partial charge in [-0.15, -0.1) is 0 Å². The summed E-state index contributed by atoms with van der Waals surface area (Å²) in [6.07, 6.45) is -4.91. The first-order chi connectivity index (χ1) is 15.1. The lowest BCUT2D eigenvalue weighted by Gasteiger charge is -2.20. The van der Waals surface area contributed by atoms with Crippen LogP contribution in [-0.2, 0) is 31.6 Å². The van der Waals surface area contributed by atoms with E-state index in [9.17, 15) is 33.6 Å². The molecule has 0 aliphatic carbocycles. The van der Waals surface area contributed by atoms with Crippen molar-refractivity contribution in [3.05, 3.63) is 46.4 Å². The molecule has 2 heterocycles. The third kappa shape index (κ3) is 6.24. The summed E-state index contributed by atoms with van der Waals surface area (Å²) < 4.78 is 51.9. The SMILES string of the molecule is Cc1cn([C@@H]2O[C@H](COP(=O)(O)OP(=O)(O)OP(=O)(O)O)[C@@H](O)[C@H]2O)c(=O)c2ccccc12. The number of ether oxygens (including phenoxy) is 1. The topological polar surface area (TPSA) is 232 Å². The van der Waals surface area contributed by atoms with E-state index >= 15 is 0 Å². The van der Waals surface area contributed by atoms with Gasteiger partial charge in [-0.1, -0.05) is 18.2 Å². The summed E-state index contributed by atoms with van der Waals surface area (Å²) in [4.78, 5) is 48.6. The minimum Gasteiger partial charge on any atom is -0.387 e. The predicted molar refractivity (Wildman–Crippen MR) is 109 cm³/mol. The molecule has 0 amide bonds. The van der Waals surface area contributed by atoms with Gasteiger partial charge in [0, 0.05) is 11.6 Å². The van der Waals surface area contributed by atoms with Crippen LogP contribution in [0.25, 0.3) is 10.8 Å². The van der Waals surface area contributed by atoms with Crippen LogP contribution < -0.4 is 5.56 Å². The maximum absolute atomic E-state index is 12.8. The third-order valence-corrected chi connectivity index (χ3v) is 8.38. The molecule has 3 rings (SSSR count). The van der Waals surface area contributed by atoms with Crippen molar-refractivity contribution in [2.24, 2.45) is 0 Å². The quantitative estimate of drug-likeness (QED) is 0.251. The summed E-state index contributed by atoms with van der Waals surface area (Å²) in [5.41, 5.74) is 0.119. The highest BCUT2D eigenvalue weighted by Crippen LogP contribution is 2.66. The summed E-state index contributed by atoms with van der Waals surface area (Å²) in [5, 5.41) is 21.6. The lowest BCUT2D eigenvalue weighted by Crippen LogP contribution is -2.35. The molecule has 0 saturated carbocycles. The van der Waals surface area contributed by atoms with Gasteiger partial charge < -0.3 is 34.5 Å². The molecule has 0 bridgehead atoms. The van der Waals surface area contributed by atoms with Crippen LogP contribution in [0.2, 0.25) is 0 Å². The number of aliphatic hydroxyl groups excluding tert-OH is 2. The summed E-state index contributed by atoms with van der Waals surface area (Å²) in [5.74, 6) is 0. The Morgan fingerprint density at radius 3 is 2.18 bits per heavy atom. The minimum atomic E-state index is -5.72. The predicted octanol–water partition coefficient (Wildman–Crippen LogP) is 0.272. The first kappa shape index (κ1) is 26.3. The number of aliphatic hydroxyl groups is 2. The monoisotopic (exact) mass is 531 g/mol. The second-order valence-corrected chi connectivity index (χ2v) is 11.4. The van der Waals surface area contributed by atoms with E-state index in [2.05, 4.69) is 13.1 Å². The fraction of sp³-hybridized carbons (Fsp3) is 0.400. The van der Waals surface area contributed by atoms with Crippen LogP contribution in [0.15, 0.2) is 35.3 Å². The minimum absolute atomic E-state index is 0.319. The number of rotatable bonds is 8. The van der Waals surface area contributed by atoms with Gasteiger partial charge in [0.2, 0.25) is 0 Å². The van der Waals surface area contributed by atoms with Crippen molar-refractivity contribution in [1.82, 2.24) is 4.57 Å². The maximum Gasteiger partial charge on any atom is 0.490 e. The Bertz CT molecular complexity index is 1240. The summed E-state index contributed by atoms with van der Waals surface area (Å²) in [7, 11) is -16.7. The molecule has 184 valence electrons. The Balaban J connectivity index is 1.75. The lowest BCUT2D eigenvalue weighted by atomic mass is 10.1. The van der Waals surface area contributed by atoms with Crippen LogP contribution in [0.5, 0.6) is 0 Å². The molecule has 0 spiro atoms. The number of aryl methyl sites for hydroxylation is 1. The highest BCUT2D eigenvalue weighted by Gasteiger charge is 2.46. The van der Waals surface area contributed by atoms with Crippen molar-refractivity contribution in [2.75, 3.05) is 6.61 Å². The fourth-order valence-electron chi connectivity index (χ4n) is 3.25. The van der Waals surface area contributed by atoms with E-state index < -0.39 is 60.2 Å². The Morgan fingerprint density at radius 2 is 1.58 bits per heavy atom. The van der Waals surface area contributed by atoms with E-state index in [4.69, 9.17) is 19.4 Å². The molecule has 1 aromatic carbocycles. The van der Waals surface area contributed by atoms with Gasteiger partial charge in [0.1, 0.15) is 18.3 Å². The van der Waals surface area contributed by atoms with Gasteiger partial charge in [0.05, 0.1) is 6.61 Å². The Labute approximate surface area is 185 Å². The number of benzene rings is 1. The molecule has 1 aliphatic heterocycles. The zero-order valence-electron chi connectivity index (χ0n) is 16.6. The molecule has 0 radical (unpaired) electrons. The molecule has 15 nitrogen and oxygen atoms in total. The molecule has 18 heteroatoms. The van der Waals surface area contributed by atoms with Crippen LogP contribution >= 0.6 is 23.5 Å². The van der Waals surface area contributed by atoms with Gasteiger partial charge in [-0.3, -0.25) is 13.9 Å². The first-order valence-corrected chi connectivity index (χ1v) is 13.5. The van der Waals surface area contributed by atoms with Crippen molar-refractivity contribution in [3.63, 3.8) is 0 Å². The molecular weight excluding hydrogens is 511 g/mol. The average Bonchev–Trinajstić information content (AvgIpc) is 2.95. The molecule has 6 N–H and O–H groups in total. The van der Waals surface area contributed by atoms with Crippen LogP contribution in [0, 0.1) is 6.92 Å². The maximum atomic E-state index is 12.8. The molecule has 2 aromatic rings. The van der Waals surface area contributed by atoms with Crippen molar-refractivity contribution in [2.45, 2.75) is 31.5 Å². The second-order valence-electron chi connectivity index (χ2n) is 7.00. The molecular formula is C15H20NO14P3. The normalized spacial score (nSPS) is 27.4. The number of phosphoric ester groups is 1. The number of hydrogen-bond donors (Lipinski definition) is 6. The first-order valence-electron chi connectivity index (χ1n) is 9.01. The van der Waals surface area contributed by atoms with Gasteiger partial charge in [-0.25, -0.2) is 13.7 Å². The largest absolute Gasteiger partial charge is 0.490 e. The number of fused-ring (bicyclic) bond motifs is 1. The standard InChI is InChI=1S/C15H20NO14P3/c1-8-6-16(14(19)10-5-3-2-4-9(8)10)15-13(18)12(17)11(28-15)7-27-32(23,24)30-33(25,26)29-31(20,21)22/h2-6,11-13,15,17-18H,7H2,1H3,(H,23,24)(H,25,26)(H2,20,21,22)/t11-,12-,13-,15-/m1/s1. The Kier molecular flexibility index (Phi) is 7.50. The van der Waals surface area contributed by atoms with E-state index in [1.807, 2.05) is 0 Å². The van der Waals surface area contributed by atoms with E-state index in [0.29, 0.717) is 16.3 Å². The highest BCUT2D eigenvalue weighted by molar-refractivity contribution is 7.66. The van der Waals surface area contributed by atoms with Crippen molar-refractivity contribution in [1.29, 1.82) is 0 Å². The van der Waals surface area contributed by atoms with Gasteiger partial charge in [0.25, 0.3) is 5.56 Å². The molecule has 1 fully saturated rings. The number of pyridine rings is 1. The van der Waals surface area contributed by atoms with E-state index in [1.54, 1.807) is 31.2 Å². The molecule has 2 unspecified atom stereocenters. The van der Waals surface area contributed by atoms with Crippen LogP contribution in [-0.4, -0.2) is 59.3 Å². The van der Waals surface area contributed by atoms with E-state index in [-0.39, 0.29) is 0 Å². The number of aromatic nitrogens is 1. The molecule has 1 aliphatic rings. The highest BCUT2D eigenvalue weighted by atomic mass is 31.3. The molecule has 1 saturated heterocycles. The number of nitrogens with zero attached hydrogens (tertiary/aromatic N) is 1. The molecule has 33 heavy (non-hydrogen) atoms. The molecule has 1 aromatic heterocycles. The van der Waals surface area contributed by atoms with Crippen LogP contribution in [0.4, 0.5) is 0 Å². The molecule has 6 atom stereocenters. The zero-order chi connectivity index (χ0) is 24.8. The van der Waals surface area contributed by atoms with Crippen LogP contribution in [0.1, 0.15) is 11.8 Å². The van der Waals surface area contributed by atoms with Gasteiger partial charge in [-0.05, 0) is 23.9 Å². The smallest absolute Gasteiger partial charge is 0.387 e. The van der Waals surface area contributed by atoms with Gasteiger partial charge in [-0.2, -0.15) is 8.62 Å². The number of phosphoric acid groups is 3. The second kappa shape index (κ2) is 9.40. The Morgan fingerprint density at radius 1 is 0.970 bits per heavy atom. The number of hydrogen-bond acceptors (Lipinski definition) is 10. The van der Waals surface area contributed by atoms with Crippen molar-refractivity contribution < 1.29 is 61.4 Å². The summed E-state index contributed by atoms with van der Waals surface area (Å²) >= 11 is 0. The Hall–Kier alpha value is -1.28. The van der Waals surface area contributed by atoms with Crippen LogP contribution in [0.3, 0.4) is 0 Å². The van der Waals surface area contributed by atoms with E-state index in [0.717, 1.165) is 4.57 Å². The van der Waals surface area contributed by atoms with Gasteiger partial charge >= 0.3 is 23.5 Å².